The number of carbonyl (C=O) groups is 2. The minimum Gasteiger partial charge on any atom is -0.497 e. The predicted octanol–water partition coefficient (Wildman–Crippen LogP) is 3.80. The lowest BCUT2D eigenvalue weighted by Gasteiger charge is -2.07. The first-order valence-corrected chi connectivity index (χ1v) is 7.77. The van der Waals surface area contributed by atoms with E-state index in [1.54, 1.807) is 49.6 Å². The quantitative estimate of drug-likeness (QED) is 0.427. The molecule has 0 saturated heterocycles. The number of methoxy groups -OCH3 is 2. The van der Waals surface area contributed by atoms with Crippen LogP contribution in [0.3, 0.4) is 0 Å². The molecule has 0 spiro atoms. The summed E-state index contributed by atoms with van der Waals surface area (Å²) in [5.74, 6) is 0.276. The fraction of sp³-hybridized carbons (Fsp3) is 0.158. The van der Waals surface area contributed by atoms with E-state index in [-0.39, 0.29) is 12.4 Å². The lowest BCUT2D eigenvalue weighted by molar-refractivity contribution is -0.136. The van der Waals surface area contributed by atoms with Crippen LogP contribution in [-0.2, 0) is 9.53 Å². The number of carbonyl (C=O) groups excluding carboxylic acids is 2. The van der Waals surface area contributed by atoms with Crippen molar-refractivity contribution in [1.82, 2.24) is 0 Å². The molecule has 0 fully saturated rings. The second-order valence-corrected chi connectivity index (χ2v) is 5.42. The highest BCUT2D eigenvalue weighted by Crippen LogP contribution is 2.25. The van der Waals surface area contributed by atoms with Gasteiger partial charge in [0.25, 0.3) is 0 Å². The molecule has 0 aliphatic heterocycles. The fourth-order valence-corrected chi connectivity index (χ4v) is 2.16. The van der Waals surface area contributed by atoms with Gasteiger partial charge in [-0.25, -0.2) is 4.79 Å². The maximum atomic E-state index is 11.9. The minimum atomic E-state index is -0.632. The fourth-order valence-electron chi connectivity index (χ4n) is 2.03. The molecule has 0 saturated carbocycles. The molecular weight excluding hydrogens is 344 g/mol. The van der Waals surface area contributed by atoms with Crippen molar-refractivity contribution in [3.05, 3.63) is 64.7 Å². The zero-order chi connectivity index (χ0) is 18.2. The third-order valence-corrected chi connectivity index (χ3v) is 3.60. The summed E-state index contributed by atoms with van der Waals surface area (Å²) < 4.78 is 15.3. The Morgan fingerprint density at radius 3 is 2.40 bits per heavy atom. The van der Waals surface area contributed by atoms with Crippen molar-refractivity contribution in [1.29, 1.82) is 0 Å². The van der Waals surface area contributed by atoms with Crippen molar-refractivity contribution in [3.8, 4) is 11.5 Å². The molecule has 0 amide bonds. The Morgan fingerprint density at radius 2 is 1.76 bits per heavy atom. The summed E-state index contributed by atoms with van der Waals surface area (Å²) in [7, 11) is 3.08. The molecule has 0 aliphatic carbocycles. The van der Waals surface area contributed by atoms with E-state index in [9.17, 15) is 9.59 Å². The van der Waals surface area contributed by atoms with Crippen LogP contribution < -0.4 is 9.47 Å². The molecule has 25 heavy (non-hydrogen) atoms. The van der Waals surface area contributed by atoms with Crippen molar-refractivity contribution >= 4 is 29.4 Å². The third kappa shape index (κ3) is 5.36. The molecule has 0 radical (unpaired) electrons. The molecule has 6 heteroatoms. The Kier molecular flexibility index (Phi) is 6.60. The molecule has 2 aromatic rings. The van der Waals surface area contributed by atoms with E-state index in [0.29, 0.717) is 27.6 Å². The van der Waals surface area contributed by atoms with Crippen LogP contribution in [0.25, 0.3) is 6.08 Å². The lowest BCUT2D eigenvalue weighted by Crippen LogP contribution is -2.12. The SMILES string of the molecule is COc1ccc(OC)c(C=CC(=O)OCC(=O)c2ccc(Cl)cc2)c1. The maximum absolute atomic E-state index is 11.9. The van der Waals surface area contributed by atoms with E-state index in [1.807, 2.05) is 0 Å². The number of Topliss-reactive ketones (excluding diaryl/α,β-unsaturated/α-hetero) is 1. The van der Waals surface area contributed by atoms with E-state index in [2.05, 4.69) is 0 Å². The number of esters is 1. The molecule has 130 valence electrons. The van der Waals surface area contributed by atoms with Crippen LogP contribution in [0.15, 0.2) is 48.5 Å². The second kappa shape index (κ2) is 8.89. The topological polar surface area (TPSA) is 61.8 Å². The Balaban J connectivity index is 1.97. The van der Waals surface area contributed by atoms with Gasteiger partial charge in [-0.2, -0.15) is 0 Å². The molecule has 0 unspecified atom stereocenters. The monoisotopic (exact) mass is 360 g/mol. The van der Waals surface area contributed by atoms with Crippen LogP contribution in [-0.4, -0.2) is 32.6 Å². The predicted molar refractivity (Wildman–Crippen MR) is 95.3 cm³/mol. The van der Waals surface area contributed by atoms with Gasteiger partial charge in [-0.1, -0.05) is 11.6 Å². The number of hydrogen-bond acceptors (Lipinski definition) is 5. The van der Waals surface area contributed by atoms with Gasteiger partial charge in [0.05, 0.1) is 14.2 Å². The summed E-state index contributed by atoms with van der Waals surface area (Å²) in [6.45, 7) is -0.347. The molecule has 2 aromatic carbocycles. The third-order valence-electron chi connectivity index (χ3n) is 3.35. The number of halogens is 1. The van der Waals surface area contributed by atoms with E-state index < -0.39 is 5.97 Å². The van der Waals surface area contributed by atoms with Crippen LogP contribution >= 0.6 is 11.6 Å². The van der Waals surface area contributed by atoms with Crippen molar-refractivity contribution in [2.24, 2.45) is 0 Å². The van der Waals surface area contributed by atoms with Crippen LogP contribution in [0.5, 0.6) is 11.5 Å². The van der Waals surface area contributed by atoms with Crippen LogP contribution in [0.4, 0.5) is 0 Å². The Labute approximate surface area is 150 Å². The highest BCUT2D eigenvalue weighted by molar-refractivity contribution is 6.30. The zero-order valence-electron chi connectivity index (χ0n) is 13.8. The molecule has 0 heterocycles. The molecule has 0 atom stereocenters. The largest absolute Gasteiger partial charge is 0.497 e. The zero-order valence-corrected chi connectivity index (χ0v) is 14.6. The van der Waals surface area contributed by atoms with E-state index in [4.69, 9.17) is 25.8 Å². The number of benzene rings is 2. The van der Waals surface area contributed by atoms with E-state index in [0.717, 1.165) is 0 Å². The van der Waals surface area contributed by atoms with Crippen molar-refractivity contribution in [3.63, 3.8) is 0 Å². The first-order valence-electron chi connectivity index (χ1n) is 7.39. The first-order chi connectivity index (χ1) is 12.0. The Bertz CT molecular complexity index is 781. The number of hydrogen-bond donors (Lipinski definition) is 0. The molecule has 2 rings (SSSR count). The summed E-state index contributed by atoms with van der Waals surface area (Å²) in [5, 5.41) is 0.531. The summed E-state index contributed by atoms with van der Waals surface area (Å²) in [6, 6.07) is 11.6. The number of rotatable bonds is 7. The number of ether oxygens (including phenoxy) is 3. The molecule has 0 N–H and O–H groups in total. The smallest absolute Gasteiger partial charge is 0.331 e. The second-order valence-electron chi connectivity index (χ2n) is 4.98. The average molecular weight is 361 g/mol. The van der Waals surface area contributed by atoms with Gasteiger partial charge in [-0.15, -0.1) is 0 Å². The van der Waals surface area contributed by atoms with Crippen LogP contribution in [0.2, 0.25) is 5.02 Å². The van der Waals surface area contributed by atoms with Gasteiger partial charge in [0, 0.05) is 22.2 Å². The highest BCUT2D eigenvalue weighted by atomic mass is 35.5. The lowest BCUT2D eigenvalue weighted by atomic mass is 10.1. The maximum Gasteiger partial charge on any atom is 0.331 e. The first kappa shape index (κ1) is 18.5. The van der Waals surface area contributed by atoms with Gasteiger partial charge in [-0.05, 0) is 48.5 Å². The van der Waals surface area contributed by atoms with Crippen LogP contribution in [0.1, 0.15) is 15.9 Å². The standard InChI is InChI=1S/C19H17ClO5/c1-23-16-8-9-18(24-2)14(11-16)5-10-19(22)25-12-17(21)13-3-6-15(20)7-4-13/h3-11H,12H2,1-2H3. The average Bonchev–Trinajstić information content (AvgIpc) is 2.64. The van der Waals surface area contributed by atoms with Crippen molar-refractivity contribution < 1.29 is 23.8 Å². The summed E-state index contributed by atoms with van der Waals surface area (Å²) >= 11 is 5.76. The van der Waals surface area contributed by atoms with Crippen molar-refractivity contribution in [2.75, 3.05) is 20.8 Å². The Morgan fingerprint density at radius 1 is 1.04 bits per heavy atom. The Hall–Kier alpha value is -2.79. The van der Waals surface area contributed by atoms with Gasteiger partial charge in [0.15, 0.2) is 12.4 Å². The normalized spacial score (nSPS) is 10.5. The molecule has 0 bridgehead atoms. The van der Waals surface area contributed by atoms with Gasteiger partial charge < -0.3 is 14.2 Å². The van der Waals surface area contributed by atoms with E-state index in [1.165, 1.54) is 19.3 Å². The molecular formula is C19H17ClO5. The molecule has 5 nitrogen and oxygen atoms in total. The van der Waals surface area contributed by atoms with Gasteiger partial charge >= 0.3 is 5.97 Å². The highest BCUT2D eigenvalue weighted by Gasteiger charge is 2.09. The molecule has 0 aromatic heterocycles. The molecule has 0 aliphatic rings. The van der Waals surface area contributed by atoms with Crippen molar-refractivity contribution in [2.45, 2.75) is 0 Å². The van der Waals surface area contributed by atoms with Crippen LogP contribution in [0, 0.1) is 0 Å². The van der Waals surface area contributed by atoms with Gasteiger partial charge in [0.1, 0.15) is 11.5 Å². The summed E-state index contributed by atoms with van der Waals surface area (Å²) in [4.78, 5) is 23.7. The van der Waals surface area contributed by atoms with E-state index >= 15 is 0 Å². The van der Waals surface area contributed by atoms with Gasteiger partial charge in [-0.3, -0.25) is 4.79 Å². The summed E-state index contributed by atoms with van der Waals surface area (Å²) in [5.41, 5.74) is 1.08. The summed E-state index contributed by atoms with van der Waals surface area (Å²) in [6.07, 6.45) is 2.77. The number of ketones is 1. The minimum absolute atomic E-state index is 0.308. The van der Waals surface area contributed by atoms with Gasteiger partial charge in [0.2, 0.25) is 0 Å².